The van der Waals surface area contributed by atoms with Crippen LogP contribution >= 0.6 is 0 Å². The van der Waals surface area contributed by atoms with Crippen molar-refractivity contribution in [3.63, 3.8) is 0 Å². The molecule has 14 heavy (non-hydrogen) atoms. The minimum atomic E-state index is -0.933. The minimum absolute atomic E-state index is 0.120. The van der Waals surface area contributed by atoms with Gasteiger partial charge in [0, 0.05) is 0 Å². The van der Waals surface area contributed by atoms with Gasteiger partial charge in [0.2, 0.25) is 0 Å². The van der Waals surface area contributed by atoms with Gasteiger partial charge in [-0.25, -0.2) is 4.39 Å². The first-order valence-corrected chi connectivity index (χ1v) is 4.51. The van der Waals surface area contributed by atoms with Crippen LogP contribution in [0, 0.1) is 5.82 Å². The highest BCUT2D eigenvalue weighted by Gasteiger charge is 2.10. The van der Waals surface area contributed by atoms with Crippen molar-refractivity contribution in [2.24, 2.45) is 0 Å². The first-order valence-electron chi connectivity index (χ1n) is 4.51. The van der Waals surface area contributed by atoms with E-state index in [1.165, 1.54) is 12.1 Å². The Balaban J connectivity index is 3.09. The zero-order valence-electron chi connectivity index (χ0n) is 8.25. The maximum Gasteiger partial charge on any atom is 0.307 e. The summed E-state index contributed by atoms with van der Waals surface area (Å²) < 4.78 is 12.9. The topological polar surface area (TPSA) is 37.3 Å². The van der Waals surface area contributed by atoms with E-state index in [1.54, 1.807) is 6.07 Å². The van der Waals surface area contributed by atoms with Crippen molar-refractivity contribution in [3.8, 4) is 0 Å². The molecule has 0 amide bonds. The van der Waals surface area contributed by atoms with E-state index in [0.717, 1.165) is 5.56 Å². The van der Waals surface area contributed by atoms with E-state index in [0.29, 0.717) is 5.56 Å². The van der Waals surface area contributed by atoms with E-state index in [1.807, 2.05) is 13.8 Å². The quantitative estimate of drug-likeness (QED) is 0.806. The fourth-order valence-corrected chi connectivity index (χ4v) is 1.45. The summed E-state index contributed by atoms with van der Waals surface area (Å²) >= 11 is 0. The molecule has 3 heteroatoms. The molecule has 0 aliphatic heterocycles. The van der Waals surface area contributed by atoms with Crippen LogP contribution in [0.5, 0.6) is 0 Å². The average molecular weight is 196 g/mol. The predicted molar refractivity (Wildman–Crippen MR) is 51.8 cm³/mol. The highest BCUT2D eigenvalue weighted by Crippen LogP contribution is 2.20. The van der Waals surface area contributed by atoms with Crippen LogP contribution in [-0.4, -0.2) is 11.1 Å². The van der Waals surface area contributed by atoms with Gasteiger partial charge >= 0.3 is 5.97 Å². The molecule has 0 saturated carbocycles. The van der Waals surface area contributed by atoms with E-state index in [4.69, 9.17) is 5.11 Å². The summed E-state index contributed by atoms with van der Waals surface area (Å²) in [7, 11) is 0. The van der Waals surface area contributed by atoms with Crippen LogP contribution in [0.25, 0.3) is 0 Å². The Bertz CT molecular complexity index is 345. The van der Waals surface area contributed by atoms with E-state index >= 15 is 0 Å². The number of carboxylic acid groups (broad SMARTS) is 1. The lowest BCUT2D eigenvalue weighted by molar-refractivity contribution is -0.136. The zero-order chi connectivity index (χ0) is 10.7. The molecule has 1 N–H and O–H groups in total. The monoisotopic (exact) mass is 196 g/mol. The molecule has 0 heterocycles. The highest BCUT2D eigenvalue weighted by molar-refractivity contribution is 5.70. The Morgan fingerprint density at radius 2 is 2.14 bits per heavy atom. The SMILES string of the molecule is CC(C)c1ccc(F)cc1CC(=O)O. The third-order valence-electron chi connectivity index (χ3n) is 2.07. The van der Waals surface area contributed by atoms with E-state index in [-0.39, 0.29) is 18.2 Å². The van der Waals surface area contributed by atoms with Gasteiger partial charge in [0.25, 0.3) is 0 Å². The normalized spacial score (nSPS) is 10.6. The Hall–Kier alpha value is -1.38. The molecule has 0 fully saturated rings. The first kappa shape index (κ1) is 10.7. The molecule has 0 radical (unpaired) electrons. The molecule has 0 atom stereocenters. The third-order valence-corrected chi connectivity index (χ3v) is 2.07. The fourth-order valence-electron chi connectivity index (χ4n) is 1.45. The molecular weight excluding hydrogens is 183 g/mol. The standard InChI is InChI=1S/C11H13FO2/c1-7(2)10-4-3-9(12)5-8(10)6-11(13)14/h3-5,7H,6H2,1-2H3,(H,13,14). The van der Waals surface area contributed by atoms with Gasteiger partial charge in [-0.05, 0) is 29.2 Å². The maximum atomic E-state index is 12.9. The molecule has 0 unspecified atom stereocenters. The summed E-state index contributed by atoms with van der Waals surface area (Å²) in [6, 6.07) is 4.31. The van der Waals surface area contributed by atoms with Crippen molar-refractivity contribution >= 4 is 5.97 Å². The fraction of sp³-hybridized carbons (Fsp3) is 0.364. The Kier molecular flexibility index (Phi) is 3.23. The summed E-state index contributed by atoms with van der Waals surface area (Å²) in [4.78, 5) is 10.5. The minimum Gasteiger partial charge on any atom is -0.481 e. The number of hydrogen-bond donors (Lipinski definition) is 1. The molecule has 76 valence electrons. The zero-order valence-corrected chi connectivity index (χ0v) is 8.25. The molecule has 2 nitrogen and oxygen atoms in total. The molecular formula is C11H13FO2. The second kappa shape index (κ2) is 4.22. The van der Waals surface area contributed by atoms with E-state index < -0.39 is 5.97 Å². The van der Waals surface area contributed by atoms with E-state index in [9.17, 15) is 9.18 Å². The molecule has 1 rings (SSSR count). The molecule has 0 aromatic heterocycles. The van der Waals surface area contributed by atoms with Crippen LogP contribution in [0.2, 0.25) is 0 Å². The van der Waals surface area contributed by atoms with Crippen molar-refractivity contribution in [2.45, 2.75) is 26.2 Å². The van der Waals surface area contributed by atoms with Gasteiger partial charge in [-0.2, -0.15) is 0 Å². The lowest BCUT2D eigenvalue weighted by Gasteiger charge is -2.10. The number of carboxylic acids is 1. The van der Waals surface area contributed by atoms with Crippen molar-refractivity contribution in [3.05, 3.63) is 35.1 Å². The summed E-state index contributed by atoms with van der Waals surface area (Å²) in [5.74, 6) is -1.10. The van der Waals surface area contributed by atoms with Crippen LogP contribution in [0.1, 0.15) is 30.9 Å². The third kappa shape index (κ3) is 2.55. The summed E-state index contributed by atoms with van der Waals surface area (Å²) in [5.41, 5.74) is 1.46. The number of aliphatic carboxylic acids is 1. The smallest absolute Gasteiger partial charge is 0.307 e. The second-order valence-electron chi connectivity index (χ2n) is 3.57. The molecule has 1 aromatic carbocycles. The van der Waals surface area contributed by atoms with Gasteiger partial charge in [0.1, 0.15) is 5.82 Å². The lowest BCUT2D eigenvalue weighted by atomic mass is 9.95. The molecule has 0 bridgehead atoms. The average Bonchev–Trinajstić information content (AvgIpc) is 2.01. The Labute approximate surface area is 82.4 Å². The van der Waals surface area contributed by atoms with Gasteiger partial charge in [-0.15, -0.1) is 0 Å². The predicted octanol–water partition coefficient (Wildman–Crippen LogP) is 2.58. The van der Waals surface area contributed by atoms with Crippen LogP contribution in [-0.2, 0) is 11.2 Å². The highest BCUT2D eigenvalue weighted by atomic mass is 19.1. The number of rotatable bonds is 3. The molecule has 0 aliphatic carbocycles. The van der Waals surface area contributed by atoms with Crippen molar-refractivity contribution in [1.82, 2.24) is 0 Å². The van der Waals surface area contributed by atoms with Crippen molar-refractivity contribution in [2.75, 3.05) is 0 Å². The van der Waals surface area contributed by atoms with E-state index in [2.05, 4.69) is 0 Å². The largest absolute Gasteiger partial charge is 0.481 e. The van der Waals surface area contributed by atoms with Gasteiger partial charge in [0.05, 0.1) is 6.42 Å². The Morgan fingerprint density at radius 1 is 1.50 bits per heavy atom. The van der Waals surface area contributed by atoms with Gasteiger partial charge < -0.3 is 5.11 Å². The number of hydrogen-bond acceptors (Lipinski definition) is 1. The lowest BCUT2D eigenvalue weighted by Crippen LogP contribution is -2.05. The molecule has 0 aliphatic rings. The number of benzene rings is 1. The van der Waals surface area contributed by atoms with Gasteiger partial charge in [0.15, 0.2) is 0 Å². The van der Waals surface area contributed by atoms with Crippen molar-refractivity contribution in [1.29, 1.82) is 0 Å². The maximum absolute atomic E-state index is 12.9. The summed E-state index contributed by atoms with van der Waals surface area (Å²) in [6.07, 6.45) is -0.120. The van der Waals surface area contributed by atoms with Crippen LogP contribution in [0.15, 0.2) is 18.2 Å². The molecule has 1 aromatic rings. The molecule has 0 saturated heterocycles. The Morgan fingerprint density at radius 3 is 2.64 bits per heavy atom. The van der Waals surface area contributed by atoms with Gasteiger partial charge in [-0.3, -0.25) is 4.79 Å². The first-order chi connectivity index (χ1) is 6.50. The summed E-state index contributed by atoms with van der Waals surface area (Å²) in [5, 5.41) is 8.64. The molecule has 0 spiro atoms. The van der Waals surface area contributed by atoms with Gasteiger partial charge in [-0.1, -0.05) is 19.9 Å². The number of halogens is 1. The van der Waals surface area contributed by atoms with Crippen molar-refractivity contribution < 1.29 is 14.3 Å². The van der Waals surface area contributed by atoms with Crippen LogP contribution in [0.3, 0.4) is 0 Å². The second-order valence-corrected chi connectivity index (χ2v) is 3.57. The van der Waals surface area contributed by atoms with Crippen LogP contribution < -0.4 is 0 Å². The number of carbonyl (C=O) groups is 1. The summed E-state index contributed by atoms with van der Waals surface area (Å²) in [6.45, 7) is 3.91. The van der Waals surface area contributed by atoms with Crippen LogP contribution in [0.4, 0.5) is 4.39 Å².